The van der Waals surface area contributed by atoms with Crippen molar-refractivity contribution in [3.8, 4) is 5.75 Å². The molecule has 4 nitrogen and oxygen atoms in total. The highest BCUT2D eigenvalue weighted by atomic mass is 35.5. The molecule has 3 aromatic rings. The zero-order chi connectivity index (χ0) is 18.8. The number of anilines is 1. The number of nitrogens with one attached hydrogen (secondary N) is 1. The predicted molar refractivity (Wildman–Crippen MR) is 106 cm³/mol. The average molecular weight is 370 g/mol. The Balaban J connectivity index is 1.96. The number of carbonyl (C=O) groups excluding carboxylic acids is 1. The van der Waals surface area contributed by atoms with Crippen molar-refractivity contribution in [2.75, 3.05) is 12.4 Å². The van der Waals surface area contributed by atoms with Crippen LogP contribution in [0.25, 0.3) is 16.5 Å². The van der Waals surface area contributed by atoms with Crippen LogP contribution >= 0.6 is 11.6 Å². The molecule has 0 aliphatic rings. The molecule has 1 aromatic heterocycles. The Morgan fingerprint density at radius 1 is 1.23 bits per heavy atom. The molecule has 0 atom stereocenters. The summed E-state index contributed by atoms with van der Waals surface area (Å²) in [5.74, 6) is 0.494. The summed E-state index contributed by atoms with van der Waals surface area (Å²) in [4.78, 5) is 12.4. The van der Waals surface area contributed by atoms with E-state index in [4.69, 9.17) is 20.8 Å². The lowest BCUT2D eigenvalue weighted by atomic mass is 9.98. The lowest BCUT2D eigenvalue weighted by molar-refractivity contribution is -0.111. The van der Waals surface area contributed by atoms with Gasteiger partial charge in [-0.1, -0.05) is 11.6 Å². The van der Waals surface area contributed by atoms with E-state index in [9.17, 15) is 4.79 Å². The highest BCUT2D eigenvalue weighted by molar-refractivity contribution is 6.30. The van der Waals surface area contributed by atoms with Crippen LogP contribution < -0.4 is 10.1 Å². The minimum Gasteiger partial charge on any atom is -0.496 e. The lowest BCUT2D eigenvalue weighted by Crippen LogP contribution is -2.08. The van der Waals surface area contributed by atoms with Gasteiger partial charge in [-0.2, -0.15) is 0 Å². The number of benzene rings is 2. The molecule has 5 heteroatoms. The molecule has 1 heterocycles. The van der Waals surface area contributed by atoms with Crippen LogP contribution in [-0.4, -0.2) is 13.0 Å². The van der Waals surface area contributed by atoms with E-state index in [0.29, 0.717) is 16.5 Å². The van der Waals surface area contributed by atoms with Crippen molar-refractivity contribution in [2.45, 2.75) is 20.8 Å². The molecule has 1 N–H and O–H groups in total. The maximum absolute atomic E-state index is 12.4. The molecule has 0 saturated heterocycles. The van der Waals surface area contributed by atoms with Gasteiger partial charge >= 0.3 is 0 Å². The second kappa shape index (κ2) is 7.26. The Morgan fingerprint density at radius 2 is 1.92 bits per heavy atom. The van der Waals surface area contributed by atoms with Gasteiger partial charge in [0.2, 0.25) is 5.91 Å². The van der Waals surface area contributed by atoms with Crippen LogP contribution in [-0.2, 0) is 4.79 Å². The van der Waals surface area contributed by atoms with E-state index >= 15 is 0 Å². The maximum Gasteiger partial charge on any atom is 0.248 e. The summed E-state index contributed by atoms with van der Waals surface area (Å²) in [6, 6.07) is 8.98. The number of carbonyl (C=O) groups is 1. The van der Waals surface area contributed by atoms with Crippen molar-refractivity contribution in [3.05, 3.63) is 64.4 Å². The van der Waals surface area contributed by atoms with Gasteiger partial charge in [0.25, 0.3) is 0 Å². The van der Waals surface area contributed by atoms with Gasteiger partial charge in [0.1, 0.15) is 11.3 Å². The van der Waals surface area contributed by atoms with Crippen LogP contribution in [0.1, 0.15) is 23.6 Å². The lowest BCUT2D eigenvalue weighted by Gasteiger charge is -2.13. The highest BCUT2D eigenvalue weighted by Gasteiger charge is 2.16. The molecule has 2 aromatic carbocycles. The molecule has 3 rings (SSSR count). The zero-order valence-electron chi connectivity index (χ0n) is 15.1. The molecule has 0 aliphatic heterocycles. The standard InChI is InChI=1S/C21H20ClNO3/c1-12(9-19(24)23-16-7-5-15(22)6-8-16)17-10-18-13(2)11-26-21(18)14(3)20(17)25-4/h5-11H,1-4H3,(H,23,24)/b12-9+. The first-order valence-corrected chi connectivity index (χ1v) is 8.59. The molecular weight excluding hydrogens is 350 g/mol. The van der Waals surface area contributed by atoms with Crippen LogP contribution in [0.2, 0.25) is 5.02 Å². The minimum atomic E-state index is -0.214. The van der Waals surface area contributed by atoms with Crippen LogP contribution in [0, 0.1) is 13.8 Å². The second-order valence-electron chi connectivity index (χ2n) is 6.20. The summed E-state index contributed by atoms with van der Waals surface area (Å²) in [6.45, 7) is 5.84. The number of aryl methyl sites for hydroxylation is 2. The molecule has 26 heavy (non-hydrogen) atoms. The van der Waals surface area contributed by atoms with Gasteiger partial charge in [-0.05, 0) is 62.2 Å². The number of ether oxygens (including phenoxy) is 1. The topological polar surface area (TPSA) is 51.5 Å². The largest absolute Gasteiger partial charge is 0.496 e. The monoisotopic (exact) mass is 369 g/mol. The minimum absolute atomic E-state index is 0.214. The molecule has 0 fully saturated rings. The summed E-state index contributed by atoms with van der Waals surface area (Å²) in [7, 11) is 1.62. The Kier molecular flexibility index (Phi) is 5.05. The number of methoxy groups -OCH3 is 1. The van der Waals surface area contributed by atoms with Gasteiger partial charge in [0.15, 0.2) is 0 Å². The molecule has 0 saturated carbocycles. The number of amides is 1. The number of fused-ring (bicyclic) bond motifs is 1. The number of furan rings is 1. The van der Waals surface area contributed by atoms with Crippen LogP contribution in [0.4, 0.5) is 5.69 Å². The Morgan fingerprint density at radius 3 is 2.58 bits per heavy atom. The number of rotatable bonds is 4. The third-order valence-corrected chi connectivity index (χ3v) is 4.58. The maximum atomic E-state index is 12.4. The van der Waals surface area contributed by atoms with Crippen molar-refractivity contribution < 1.29 is 13.9 Å². The van der Waals surface area contributed by atoms with Gasteiger partial charge in [-0.25, -0.2) is 0 Å². The van der Waals surface area contributed by atoms with Gasteiger partial charge < -0.3 is 14.5 Å². The molecule has 0 radical (unpaired) electrons. The molecule has 0 bridgehead atoms. The van der Waals surface area contributed by atoms with Gasteiger partial charge in [-0.3, -0.25) is 4.79 Å². The van der Waals surface area contributed by atoms with Crippen molar-refractivity contribution in [3.63, 3.8) is 0 Å². The van der Waals surface area contributed by atoms with Crippen LogP contribution in [0.5, 0.6) is 5.75 Å². The number of hydrogen-bond donors (Lipinski definition) is 1. The van der Waals surface area contributed by atoms with E-state index < -0.39 is 0 Å². The van der Waals surface area contributed by atoms with Gasteiger partial charge in [0.05, 0.1) is 13.4 Å². The molecule has 0 aliphatic carbocycles. The van der Waals surface area contributed by atoms with Crippen LogP contribution in [0.15, 0.2) is 47.1 Å². The average Bonchev–Trinajstić information content (AvgIpc) is 2.98. The van der Waals surface area contributed by atoms with E-state index in [1.807, 2.05) is 26.8 Å². The smallest absolute Gasteiger partial charge is 0.248 e. The second-order valence-corrected chi connectivity index (χ2v) is 6.64. The Labute approximate surface area is 157 Å². The summed E-state index contributed by atoms with van der Waals surface area (Å²) in [5.41, 5.74) is 5.13. The number of hydrogen-bond acceptors (Lipinski definition) is 3. The summed E-state index contributed by atoms with van der Waals surface area (Å²) in [5, 5.41) is 4.47. The van der Waals surface area contributed by atoms with E-state index in [2.05, 4.69) is 5.32 Å². The molecule has 0 spiro atoms. The van der Waals surface area contributed by atoms with E-state index in [-0.39, 0.29) is 5.91 Å². The molecule has 0 unspecified atom stereocenters. The van der Waals surface area contributed by atoms with E-state index in [1.165, 1.54) is 0 Å². The van der Waals surface area contributed by atoms with Crippen molar-refractivity contribution >= 4 is 39.7 Å². The van der Waals surface area contributed by atoms with Crippen molar-refractivity contribution in [1.29, 1.82) is 0 Å². The fraction of sp³-hybridized carbons (Fsp3) is 0.190. The summed E-state index contributed by atoms with van der Waals surface area (Å²) < 4.78 is 11.2. The quantitative estimate of drug-likeness (QED) is 0.595. The normalized spacial score (nSPS) is 11.7. The third-order valence-electron chi connectivity index (χ3n) is 4.33. The van der Waals surface area contributed by atoms with E-state index in [1.54, 1.807) is 43.7 Å². The number of allylic oxidation sites excluding steroid dienone is 1. The Bertz CT molecular complexity index is 1000. The molecular formula is C21H20ClNO3. The zero-order valence-corrected chi connectivity index (χ0v) is 15.9. The fourth-order valence-corrected chi connectivity index (χ4v) is 3.11. The molecule has 1 amide bonds. The first-order chi connectivity index (χ1) is 12.4. The Hall–Kier alpha value is -2.72. The predicted octanol–water partition coefficient (Wildman–Crippen LogP) is 5.75. The summed E-state index contributed by atoms with van der Waals surface area (Å²) >= 11 is 5.87. The molecule has 134 valence electrons. The SMILES string of the molecule is COc1c(/C(C)=C/C(=O)Nc2ccc(Cl)cc2)cc2c(C)coc2c1C. The first kappa shape index (κ1) is 18.1. The van der Waals surface area contributed by atoms with Gasteiger partial charge in [0, 0.05) is 33.3 Å². The highest BCUT2D eigenvalue weighted by Crippen LogP contribution is 2.37. The number of halogens is 1. The van der Waals surface area contributed by atoms with Crippen molar-refractivity contribution in [1.82, 2.24) is 0 Å². The third kappa shape index (κ3) is 3.46. The van der Waals surface area contributed by atoms with Gasteiger partial charge in [-0.15, -0.1) is 0 Å². The summed E-state index contributed by atoms with van der Waals surface area (Å²) in [6.07, 6.45) is 3.29. The van der Waals surface area contributed by atoms with E-state index in [0.717, 1.165) is 33.2 Å². The fourth-order valence-electron chi connectivity index (χ4n) is 2.98. The van der Waals surface area contributed by atoms with Crippen LogP contribution in [0.3, 0.4) is 0 Å². The van der Waals surface area contributed by atoms with Crippen molar-refractivity contribution in [2.24, 2.45) is 0 Å². The first-order valence-electron chi connectivity index (χ1n) is 8.21.